The van der Waals surface area contributed by atoms with Crippen molar-refractivity contribution < 1.29 is 14.3 Å². The van der Waals surface area contributed by atoms with E-state index in [-0.39, 0.29) is 0 Å². The van der Waals surface area contributed by atoms with Crippen LogP contribution in [0.15, 0.2) is 0 Å². The third-order valence-electron chi connectivity index (χ3n) is 0.808. The van der Waals surface area contributed by atoms with Crippen LogP contribution in [0, 0.1) is 0 Å². The highest BCUT2D eigenvalue weighted by molar-refractivity contribution is 7.98. The molecule has 0 fully saturated rings. The molecule has 0 atom stereocenters. The zero-order chi connectivity index (χ0) is 7.98. The number of thioether (sulfide) groups is 1. The van der Waals surface area contributed by atoms with Gasteiger partial charge in [0.05, 0.1) is 0 Å². The van der Waals surface area contributed by atoms with Crippen molar-refractivity contribution >= 4 is 23.5 Å². The summed E-state index contributed by atoms with van der Waals surface area (Å²) in [5, 5.41) is 0. The van der Waals surface area contributed by atoms with Gasteiger partial charge in [0.1, 0.15) is 6.61 Å². The maximum atomic E-state index is 10.4. The van der Waals surface area contributed by atoms with Gasteiger partial charge in [-0.2, -0.15) is 11.8 Å². The first-order valence-corrected chi connectivity index (χ1v) is 4.24. The molecule has 0 saturated heterocycles. The maximum absolute atomic E-state index is 10.4. The van der Waals surface area contributed by atoms with Crippen molar-refractivity contribution in [1.29, 1.82) is 0 Å². The molecule has 0 spiro atoms. The van der Waals surface area contributed by atoms with E-state index in [1.807, 2.05) is 6.26 Å². The second kappa shape index (κ2) is 5.29. The summed E-state index contributed by atoms with van der Waals surface area (Å²) in [6.45, 7) is 1.51. The van der Waals surface area contributed by atoms with Crippen molar-refractivity contribution in [2.45, 2.75) is 6.92 Å². The Labute approximate surface area is 64.1 Å². The fourth-order valence-corrected chi connectivity index (χ4v) is 0.569. The van der Waals surface area contributed by atoms with Crippen molar-refractivity contribution in [2.24, 2.45) is 0 Å². The number of ether oxygens (including phenoxy) is 1. The Kier molecular flexibility index (Phi) is 5.02. The van der Waals surface area contributed by atoms with E-state index < -0.39 is 11.8 Å². The molecular formula is C6H10O3S. The number of ketones is 1. The topological polar surface area (TPSA) is 43.4 Å². The van der Waals surface area contributed by atoms with Crippen LogP contribution in [0.5, 0.6) is 0 Å². The molecule has 58 valence electrons. The van der Waals surface area contributed by atoms with E-state index >= 15 is 0 Å². The summed E-state index contributed by atoms with van der Waals surface area (Å²) < 4.78 is 4.53. The van der Waals surface area contributed by atoms with Gasteiger partial charge in [0.15, 0.2) is 0 Å². The molecule has 0 radical (unpaired) electrons. The molecule has 0 aromatic rings. The fraction of sp³-hybridized carbons (Fsp3) is 0.667. The van der Waals surface area contributed by atoms with Crippen LogP contribution >= 0.6 is 11.8 Å². The molecule has 0 rings (SSSR count). The van der Waals surface area contributed by atoms with Crippen molar-refractivity contribution in [2.75, 3.05) is 18.6 Å². The summed E-state index contributed by atoms with van der Waals surface area (Å²) in [7, 11) is 0. The monoisotopic (exact) mass is 162 g/mol. The molecule has 0 aromatic carbocycles. The lowest BCUT2D eigenvalue weighted by atomic mass is 10.5. The van der Waals surface area contributed by atoms with Crippen LogP contribution in [0.2, 0.25) is 0 Å². The molecule has 0 aliphatic rings. The van der Waals surface area contributed by atoms with Crippen LogP contribution in [0.25, 0.3) is 0 Å². The third-order valence-corrected chi connectivity index (χ3v) is 1.38. The average Bonchev–Trinajstić information content (AvgIpc) is 1.88. The fourth-order valence-electron chi connectivity index (χ4n) is 0.319. The normalized spacial score (nSPS) is 9.00. The lowest BCUT2D eigenvalue weighted by molar-refractivity contribution is -0.152. The van der Waals surface area contributed by atoms with Crippen molar-refractivity contribution in [3.05, 3.63) is 0 Å². The number of hydrogen-bond acceptors (Lipinski definition) is 4. The molecular weight excluding hydrogens is 152 g/mol. The molecule has 0 heterocycles. The lowest BCUT2D eigenvalue weighted by Crippen LogP contribution is -2.15. The number of hydrogen-bond donors (Lipinski definition) is 0. The molecule has 0 aliphatic heterocycles. The summed E-state index contributed by atoms with van der Waals surface area (Å²) in [4.78, 5) is 20.7. The zero-order valence-electron chi connectivity index (χ0n) is 6.05. The molecule has 0 bridgehead atoms. The van der Waals surface area contributed by atoms with Gasteiger partial charge >= 0.3 is 5.97 Å². The van der Waals surface area contributed by atoms with Gasteiger partial charge in [-0.1, -0.05) is 0 Å². The predicted octanol–water partition coefficient (Wildman–Crippen LogP) is 0.482. The predicted molar refractivity (Wildman–Crippen MR) is 40.0 cm³/mol. The van der Waals surface area contributed by atoms with E-state index in [1.165, 1.54) is 6.92 Å². The largest absolute Gasteiger partial charge is 0.459 e. The minimum Gasteiger partial charge on any atom is -0.459 e. The smallest absolute Gasteiger partial charge is 0.374 e. The van der Waals surface area contributed by atoms with Gasteiger partial charge in [-0.15, -0.1) is 0 Å². The summed E-state index contributed by atoms with van der Waals surface area (Å²) >= 11 is 1.57. The molecule has 0 aliphatic carbocycles. The van der Waals surface area contributed by atoms with Gasteiger partial charge in [-0.25, -0.2) is 4.79 Å². The first-order valence-electron chi connectivity index (χ1n) is 2.85. The quantitative estimate of drug-likeness (QED) is 0.342. The van der Waals surface area contributed by atoms with Gasteiger partial charge in [-0.05, 0) is 6.26 Å². The van der Waals surface area contributed by atoms with Crippen molar-refractivity contribution in [3.8, 4) is 0 Å². The summed E-state index contributed by atoms with van der Waals surface area (Å²) in [5.41, 5.74) is 0. The Morgan fingerprint density at radius 2 is 2.10 bits per heavy atom. The third kappa shape index (κ3) is 4.38. The number of esters is 1. The lowest BCUT2D eigenvalue weighted by Gasteiger charge is -1.98. The highest BCUT2D eigenvalue weighted by Gasteiger charge is 2.06. The molecule has 3 nitrogen and oxygen atoms in total. The van der Waals surface area contributed by atoms with E-state index in [4.69, 9.17) is 0 Å². The van der Waals surface area contributed by atoms with Gasteiger partial charge < -0.3 is 4.74 Å². The Hall–Kier alpha value is -0.510. The van der Waals surface area contributed by atoms with Crippen molar-refractivity contribution in [1.82, 2.24) is 0 Å². The molecule has 0 aromatic heterocycles. The Balaban J connectivity index is 3.31. The number of carbonyl (C=O) groups excluding carboxylic acids is 2. The van der Waals surface area contributed by atoms with E-state index in [0.29, 0.717) is 6.61 Å². The Morgan fingerprint density at radius 3 is 2.50 bits per heavy atom. The van der Waals surface area contributed by atoms with Crippen LogP contribution in [0.4, 0.5) is 0 Å². The van der Waals surface area contributed by atoms with Crippen LogP contribution in [0.3, 0.4) is 0 Å². The SMILES string of the molecule is CSCCOC(=O)C(C)=O. The second-order valence-corrected chi connectivity index (χ2v) is 2.67. The zero-order valence-corrected chi connectivity index (χ0v) is 6.86. The molecule has 4 heteroatoms. The van der Waals surface area contributed by atoms with Gasteiger partial charge in [0.2, 0.25) is 5.78 Å². The number of carbonyl (C=O) groups is 2. The highest BCUT2D eigenvalue weighted by Crippen LogP contribution is 1.91. The van der Waals surface area contributed by atoms with Crippen molar-refractivity contribution in [3.63, 3.8) is 0 Å². The number of rotatable bonds is 4. The van der Waals surface area contributed by atoms with E-state index in [0.717, 1.165) is 5.75 Å². The Bertz CT molecular complexity index is 133. The highest BCUT2D eigenvalue weighted by atomic mass is 32.2. The second-order valence-electron chi connectivity index (χ2n) is 1.68. The van der Waals surface area contributed by atoms with Gasteiger partial charge in [0, 0.05) is 12.7 Å². The summed E-state index contributed by atoms with van der Waals surface area (Å²) in [6, 6.07) is 0. The number of Topliss-reactive ketones (excluding diaryl/α,β-unsaturated/α-hetero) is 1. The molecule has 0 saturated carbocycles. The van der Waals surface area contributed by atoms with Crippen LogP contribution in [0.1, 0.15) is 6.92 Å². The van der Waals surface area contributed by atoms with Gasteiger partial charge in [0.25, 0.3) is 0 Å². The minimum atomic E-state index is -0.742. The molecule has 0 N–H and O–H groups in total. The van der Waals surface area contributed by atoms with Gasteiger partial charge in [-0.3, -0.25) is 4.79 Å². The first kappa shape index (κ1) is 9.49. The standard InChI is InChI=1S/C6H10O3S/c1-5(7)6(8)9-3-4-10-2/h3-4H2,1-2H3. The Morgan fingerprint density at radius 1 is 1.50 bits per heavy atom. The van der Waals surface area contributed by atoms with Crippen LogP contribution in [-0.2, 0) is 14.3 Å². The van der Waals surface area contributed by atoms with E-state index in [2.05, 4.69) is 4.74 Å². The van der Waals surface area contributed by atoms with Crippen LogP contribution in [-0.4, -0.2) is 30.4 Å². The molecule has 0 unspecified atom stereocenters. The summed E-state index contributed by atoms with van der Waals surface area (Å²) in [5.74, 6) is -0.547. The van der Waals surface area contributed by atoms with Crippen LogP contribution < -0.4 is 0 Å². The van der Waals surface area contributed by atoms with E-state index in [9.17, 15) is 9.59 Å². The molecule has 0 amide bonds. The first-order chi connectivity index (χ1) is 4.68. The van der Waals surface area contributed by atoms with E-state index in [1.54, 1.807) is 11.8 Å². The maximum Gasteiger partial charge on any atom is 0.374 e. The average molecular weight is 162 g/mol. The molecule has 10 heavy (non-hydrogen) atoms. The minimum absolute atomic E-state index is 0.319. The summed E-state index contributed by atoms with van der Waals surface area (Å²) in [6.07, 6.45) is 1.90.